The highest BCUT2D eigenvalue weighted by Gasteiger charge is 2.43. The molecule has 6 nitrogen and oxygen atoms in total. The van der Waals surface area contributed by atoms with Crippen molar-refractivity contribution in [2.24, 2.45) is 23.7 Å². The second-order valence-corrected chi connectivity index (χ2v) is 21.9. The Kier molecular flexibility index (Phi) is 16.9. The number of rotatable bonds is 19. The summed E-state index contributed by atoms with van der Waals surface area (Å²) in [6, 6.07) is 1.09. The first-order valence-electron chi connectivity index (χ1n) is 14.9. The van der Waals surface area contributed by atoms with Gasteiger partial charge in [0.15, 0.2) is 6.10 Å². The van der Waals surface area contributed by atoms with Crippen LogP contribution in [0, 0.1) is 23.7 Å². The van der Waals surface area contributed by atoms with E-state index in [1.165, 1.54) is 6.42 Å². The number of carbonyl (C=O) groups excluding carboxylic acids is 2. The third kappa shape index (κ3) is 13.2. The molecule has 0 aromatic heterocycles. The molecule has 39 heavy (non-hydrogen) atoms. The molecule has 4 atom stereocenters. The van der Waals surface area contributed by atoms with Crippen molar-refractivity contribution in [3.63, 3.8) is 0 Å². The van der Waals surface area contributed by atoms with Gasteiger partial charge in [-0.15, -0.1) is 23.5 Å². The van der Waals surface area contributed by atoms with Gasteiger partial charge in [0.2, 0.25) is 0 Å². The molecule has 0 bridgehead atoms. The van der Waals surface area contributed by atoms with Crippen LogP contribution in [0.25, 0.3) is 0 Å². The number of Topliss-reactive ketones (excluding diaryl/α,β-unsaturated/α-hetero) is 1. The molecular formula is C30H58O6S2Si. The summed E-state index contributed by atoms with van der Waals surface area (Å²) in [7, 11) is 0.477. The van der Waals surface area contributed by atoms with Gasteiger partial charge >= 0.3 is 5.97 Å². The van der Waals surface area contributed by atoms with Crippen LogP contribution in [0.3, 0.4) is 0 Å². The SMILES string of the molecule is CO[C@@H]([C@H](C)CC1(C(C)C)SCCCS1)[C@@H](OCCOCC[Si](C)(C)C)C(=O)OC(CC(=O)C(C)C)C(C)C. The number of ketones is 1. The highest BCUT2D eigenvalue weighted by molar-refractivity contribution is 8.18. The fraction of sp³-hybridized carbons (Fsp3) is 0.933. The number of thioether (sulfide) groups is 2. The Morgan fingerprint density at radius 3 is 2.03 bits per heavy atom. The zero-order valence-electron chi connectivity index (χ0n) is 26.7. The zero-order chi connectivity index (χ0) is 29.8. The number of esters is 1. The van der Waals surface area contributed by atoms with Gasteiger partial charge in [-0.2, -0.15) is 0 Å². The van der Waals surface area contributed by atoms with Crippen LogP contribution >= 0.6 is 23.5 Å². The maximum atomic E-state index is 13.7. The van der Waals surface area contributed by atoms with Crippen LogP contribution in [0.5, 0.6) is 0 Å². The topological polar surface area (TPSA) is 71.1 Å². The average molecular weight is 607 g/mol. The monoisotopic (exact) mass is 606 g/mol. The number of ether oxygens (including phenoxy) is 4. The summed E-state index contributed by atoms with van der Waals surface area (Å²) in [4.78, 5) is 26.2. The van der Waals surface area contributed by atoms with Crippen LogP contribution in [0.1, 0.15) is 67.7 Å². The van der Waals surface area contributed by atoms with E-state index in [1.807, 2.05) is 51.2 Å². The maximum absolute atomic E-state index is 13.7. The first-order chi connectivity index (χ1) is 18.1. The number of hydrogen-bond donors (Lipinski definition) is 0. The smallest absolute Gasteiger partial charge is 0.338 e. The summed E-state index contributed by atoms with van der Waals surface area (Å²) >= 11 is 4.09. The van der Waals surface area contributed by atoms with E-state index in [4.69, 9.17) is 18.9 Å². The number of carbonyl (C=O) groups is 2. The molecule has 0 amide bonds. The second kappa shape index (κ2) is 17.8. The van der Waals surface area contributed by atoms with Crippen LogP contribution in [-0.2, 0) is 28.5 Å². The van der Waals surface area contributed by atoms with Crippen molar-refractivity contribution in [1.29, 1.82) is 0 Å². The predicted octanol–water partition coefficient (Wildman–Crippen LogP) is 7.17. The van der Waals surface area contributed by atoms with E-state index in [0.29, 0.717) is 19.1 Å². The van der Waals surface area contributed by atoms with Crippen molar-refractivity contribution in [2.75, 3.05) is 38.4 Å². The Hall–Kier alpha value is -0.0631. The first-order valence-corrected chi connectivity index (χ1v) is 20.5. The van der Waals surface area contributed by atoms with Gasteiger partial charge in [-0.05, 0) is 48.1 Å². The molecular weight excluding hydrogens is 549 g/mol. The van der Waals surface area contributed by atoms with Crippen molar-refractivity contribution >= 4 is 43.4 Å². The largest absolute Gasteiger partial charge is 0.460 e. The maximum Gasteiger partial charge on any atom is 0.338 e. The standard InChI is InChI=1S/C30H58O6S2Si/c1-21(2)25(31)19-26(22(3)4)36-29(32)28(35-14-13-34-15-18-39(9,10)11)27(33-8)24(7)20-30(23(5)6)37-16-12-17-38-30/h21-24,26-28H,12-20H2,1-11H3/t24-,26?,27+,28-/m1/s1. The van der Waals surface area contributed by atoms with Crippen LogP contribution in [-0.4, -0.2) is 80.7 Å². The molecule has 0 aromatic rings. The Bertz CT molecular complexity index is 719. The third-order valence-electron chi connectivity index (χ3n) is 7.41. The molecule has 230 valence electrons. The van der Waals surface area contributed by atoms with E-state index in [-0.39, 0.29) is 40.6 Å². The minimum Gasteiger partial charge on any atom is -0.460 e. The molecule has 1 aliphatic rings. The van der Waals surface area contributed by atoms with Gasteiger partial charge in [-0.25, -0.2) is 4.79 Å². The summed E-state index contributed by atoms with van der Waals surface area (Å²) in [5, 5.41) is 0. The normalized spacial score (nSPS) is 19.2. The van der Waals surface area contributed by atoms with Gasteiger partial charge in [-0.3, -0.25) is 4.79 Å². The Balaban J connectivity index is 3.06. The molecule has 0 saturated carbocycles. The third-order valence-corrected chi connectivity index (χ3v) is 13.1. The Labute approximate surface area is 249 Å². The summed E-state index contributed by atoms with van der Waals surface area (Å²) in [6.45, 7) is 22.8. The molecule has 1 saturated heterocycles. The molecule has 9 heteroatoms. The molecule has 0 spiro atoms. The molecule has 1 heterocycles. The molecule has 1 aliphatic heterocycles. The summed E-state index contributed by atoms with van der Waals surface area (Å²) in [6.07, 6.45) is 0.511. The minimum absolute atomic E-state index is 0.0138. The molecule has 1 unspecified atom stereocenters. The van der Waals surface area contributed by atoms with E-state index in [0.717, 1.165) is 24.0 Å². The van der Waals surface area contributed by atoms with Gasteiger partial charge in [0.05, 0.1) is 23.4 Å². The average Bonchev–Trinajstić information content (AvgIpc) is 2.84. The van der Waals surface area contributed by atoms with Crippen LogP contribution in [0.4, 0.5) is 0 Å². The van der Waals surface area contributed by atoms with Gasteiger partial charge in [0.25, 0.3) is 0 Å². The van der Waals surface area contributed by atoms with Crippen LogP contribution < -0.4 is 0 Å². The van der Waals surface area contributed by atoms with E-state index in [2.05, 4.69) is 40.4 Å². The van der Waals surface area contributed by atoms with Crippen molar-refractivity contribution < 1.29 is 28.5 Å². The minimum atomic E-state index is -1.18. The number of hydrogen-bond acceptors (Lipinski definition) is 8. The number of methoxy groups -OCH3 is 1. The van der Waals surface area contributed by atoms with Crippen molar-refractivity contribution in [3.8, 4) is 0 Å². The molecule has 0 radical (unpaired) electrons. The van der Waals surface area contributed by atoms with Crippen molar-refractivity contribution in [2.45, 2.75) is 116 Å². The zero-order valence-corrected chi connectivity index (χ0v) is 29.3. The lowest BCUT2D eigenvalue weighted by molar-refractivity contribution is -0.179. The van der Waals surface area contributed by atoms with E-state index in [1.54, 1.807) is 7.11 Å². The lowest BCUT2D eigenvalue weighted by atomic mass is 9.90. The fourth-order valence-corrected chi connectivity index (χ4v) is 9.04. The Morgan fingerprint density at radius 1 is 0.923 bits per heavy atom. The molecule has 1 rings (SSSR count). The van der Waals surface area contributed by atoms with Crippen LogP contribution in [0.2, 0.25) is 25.7 Å². The lowest BCUT2D eigenvalue weighted by Crippen LogP contribution is -2.47. The highest BCUT2D eigenvalue weighted by Crippen LogP contribution is 2.51. The molecule has 0 aromatic carbocycles. The van der Waals surface area contributed by atoms with Gasteiger partial charge in [0.1, 0.15) is 11.9 Å². The summed E-state index contributed by atoms with van der Waals surface area (Å²) < 4.78 is 24.2. The Morgan fingerprint density at radius 2 is 1.54 bits per heavy atom. The first kappa shape index (κ1) is 37.0. The highest BCUT2D eigenvalue weighted by atomic mass is 32.2. The van der Waals surface area contributed by atoms with Gasteiger partial charge in [0, 0.05) is 34.1 Å². The van der Waals surface area contributed by atoms with Gasteiger partial charge in [-0.1, -0.05) is 68.1 Å². The fourth-order valence-electron chi connectivity index (χ4n) is 4.57. The molecule has 0 aliphatic carbocycles. The van der Waals surface area contributed by atoms with Crippen molar-refractivity contribution in [1.82, 2.24) is 0 Å². The second-order valence-electron chi connectivity index (χ2n) is 13.2. The predicted molar refractivity (Wildman–Crippen MR) is 170 cm³/mol. The van der Waals surface area contributed by atoms with Crippen molar-refractivity contribution in [3.05, 3.63) is 0 Å². The van der Waals surface area contributed by atoms with Gasteiger partial charge < -0.3 is 18.9 Å². The quantitative estimate of drug-likeness (QED) is 0.0871. The van der Waals surface area contributed by atoms with Crippen LogP contribution in [0.15, 0.2) is 0 Å². The van der Waals surface area contributed by atoms with E-state index in [9.17, 15) is 9.59 Å². The summed E-state index contributed by atoms with van der Waals surface area (Å²) in [5.74, 6) is 2.43. The molecule has 1 fully saturated rings. The van der Waals surface area contributed by atoms with E-state index < -0.39 is 32.4 Å². The summed E-state index contributed by atoms with van der Waals surface area (Å²) in [5.41, 5.74) is 0. The van der Waals surface area contributed by atoms with E-state index >= 15 is 0 Å². The molecule has 0 N–H and O–H groups in total. The lowest BCUT2D eigenvalue weighted by Gasteiger charge is -2.43.